The summed E-state index contributed by atoms with van der Waals surface area (Å²) in [5.74, 6) is -0.489. The van der Waals surface area contributed by atoms with E-state index in [9.17, 15) is 9.59 Å². The van der Waals surface area contributed by atoms with E-state index in [2.05, 4.69) is 41.7 Å². The summed E-state index contributed by atoms with van der Waals surface area (Å²) < 4.78 is 0. The quantitative estimate of drug-likeness (QED) is 0.831. The lowest BCUT2D eigenvalue weighted by Gasteiger charge is -2.16. The standard InChI is InChI=1S/C21H23NO2/c1-15-7-9-16(10-8-15)11-12-19(23)20-18(14-22-21(20)24)13-17-5-3-2-4-6-17/h2-10,18,20H,11-14H2,1H3,(H,22,24)/t18?,20-/m1/s1. The summed E-state index contributed by atoms with van der Waals surface area (Å²) in [7, 11) is 0. The van der Waals surface area contributed by atoms with Gasteiger partial charge in [0.1, 0.15) is 11.7 Å². The lowest BCUT2D eigenvalue weighted by Crippen LogP contribution is -2.29. The van der Waals surface area contributed by atoms with Crippen LogP contribution in [0.3, 0.4) is 0 Å². The highest BCUT2D eigenvalue weighted by Gasteiger charge is 2.39. The fraction of sp³-hybridized carbons (Fsp3) is 0.333. The van der Waals surface area contributed by atoms with E-state index in [4.69, 9.17) is 0 Å². The molecule has 3 heteroatoms. The van der Waals surface area contributed by atoms with Gasteiger partial charge in [-0.1, -0.05) is 60.2 Å². The molecule has 0 aliphatic carbocycles. The monoisotopic (exact) mass is 321 g/mol. The van der Waals surface area contributed by atoms with Crippen molar-refractivity contribution in [2.45, 2.75) is 26.2 Å². The number of Topliss-reactive ketones (excluding diaryl/α,β-unsaturated/α-hetero) is 1. The van der Waals surface area contributed by atoms with Crippen LogP contribution >= 0.6 is 0 Å². The second-order valence-electron chi connectivity index (χ2n) is 6.62. The van der Waals surface area contributed by atoms with Crippen molar-refractivity contribution in [3.63, 3.8) is 0 Å². The zero-order valence-corrected chi connectivity index (χ0v) is 14.0. The molecule has 1 aliphatic rings. The SMILES string of the molecule is Cc1ccc(CCC(=O)[C@@H]2C(=O)NCC2Cc2ccccc2)cc1. The van der Waals surface area contributed by atoms with Crippen LogP contribution in [0.4, 0.5) is 0 Å². The lowest BCUT2D eigenvalue weighted by molar-refractivity contribution is -0.132. The third-order valence-electron chi connectivity index (χ3n) is 4.76. The Balaban J connectivity index is 1.62. The summed E-state index contributed by atoms with van der Waals surface area (Å²) in [5.41, 5.74) is 3.53. The highest BCUT2D eigenvalue weighted by atomic mass is 16.2. The van der Waals surface area contributed by atoms with Crippen LogP contribution in [0.2, 0.25) is 0 Å². The molecule has 3 rings (SSSR count). The number of carbonyl (C=O) groups excluding carboxylic acids is 2. The van der Waals surface area contributed by atoms with Crippen LogP contribution in [0.25, 0.3) is 0 Å². The maximum atomic E-state index is 12.6. The molecule has 2 atom stereocenters. The maximum Gasteiger partial charge on any atom is 0.230 e. The number of ketones is 1. The van der Waals surface area contributed by atoms with E-state index in [-0.39, 0.29) is 17.6 Å². The van der Waals surface area contributed by atoms with Gasteiger partial charge in [0.2, 0.25) is 5.91 Å². The van der Waals surface area contributed by atoms with Gasteiger partial charge in [-0.2, -0.15) is 0 Å². The largest absolute Gasteiger partial charge is 0.355 e. The molecule has 1 amide bonds. The molecule has 124 valence electrons. The summed E-state index contributed by atoms with van der Waals surface area (Å²) in [6.45, 7) is 2.64. The first-order chi connectivity index (χ1) is 11.6. The molecule has 1 N–H and O–H groups in total. The van der Waals surface area contributed by atoms with E-state index in [0.717, 1.165) is 12.0 Å². The van der Waals surface area contributed by atoms with Gasteiger partial charge in [-0.15, -0.1) is 0 Å². The fourth-order valence-corrected chi connectivity index (χ4v) is 3.37. The van der Waals surface area contributed by atoms with Gasteiger partial charge in [-0.05, 0) is 36.8 Å². The summed E-state index contributed by atoms with van der Waals surface area (Å²) >= 11 is 0. The Hall–Kier alpha value is -2.42. The van der Waals surface area contributed by atoms with Gasteiger partial charge in [0.25, 0.3) is 0 Å². The van der Waals surface area contributed by atoms with Gasteiger partial charge in [0.05, 0.1) is 0 Å². The van der Waals surface area contributed by atoms with Crippen molar-refractivity contribution < 1.29 is 9.59 Å². The molecular weight excluding hydrogens is 298 g/mol. The van der Waals surface area contributed by atoms with Gasteiger partial charge in [0, 0.05) is 13.0 Å². The Kier molecular flexibility index (Phi) is 5.09. The number of benzene rings is 2. The average molecular weight is 321 g/mol. The van der Waals surface area contributed by atoms with Crippen LogP contribution in [0.1, 0.15) is 23.1 Å². The molecule has 1 fully saturated rings. The van der Waals surface area contributed by atoms with Crippen molar-refractivity contribution in [1.82, 2.24) is 5.32 Å². The second-order valence-corrected chi connectivity index (χ2v) is 6.62. The molecule has 1 aliphatic heterocycles. The number of hydrogen-bond donors (Lipinski definition) is 1. The first-order valence-electron chi connectivity index (χ1n) is 8.53. The highest BCUT2D eigenvalue weighted by Crippen LogP contribution is 2.25. The van der Waals surface area contributed by atoms with Gasteiger partial charge in [-0.25, -0.2) is 0 Å². The van der Waals surface area contributed by atoms with E-state index in [0.29, 0.717) is 19.4 Å². The number of carbonyl (C=O) groups is 2. The Morgan fingerprint density at radius 1 is 1.04 bits per heavy atom. The van der Waals surface area contributed by atoms with Crippen molar-refractivity contribution in [3.05, 3.63) is 71.3 Å². The smallest absolute Gasteiger partial charge is 0.230 e. The van der Waals surface area contributed by atoms with E-state index in [1.807, 2.05) is 25.1 Å². The van der Waals surface area contributed by atoms with Crippen molar-refractivity contribution in [1.29, 1.82) is 0 Å². The van der Waals surface area contributed by atoms with Crippen LogP contribution in [-0.2, 0) is 22.4 Å². The molecule has 24 heavy (non-hydrogen) atoms. The Morgan fingerprint density at radius 3 is 2.46 bits per heavy atom. The molecule has 1 unspecified atom stereocenters. The summed E-state index contributed by atoms with van der Waals surface area (Å²) in [4.78, 5) is 24.8. The third kappa shape index (κ3) is 3.91. The third-order valence-corrected chi connectivity index (χ3v) is 4.76. The molecule has 2 aromatic rings. The molecule has 0 saturated carbocycles. The van der Waals surface area contributed by atoms with Crippen LogP contribution in [0.5, 0.6) is 0 Å². The minimum atomic E-state index is -0.504. The molecule has 0 spiro atoms. The molecule has 1 heterocycles. The van der Waals surface area contributed by atoms with Gasteiger partial charge < -0.3 is 5.32 Å². The van der Waals surface area contributed by atoms with Crippen LogP contribution in [0.15, 0.2) is 54.6 Å². The van der Waals surface area contributed by atoms with Crippen molar-refractivity contribution in [2.24, 2.45) is 11.8 Å². The molecule has 0 bridgehead atoms. The van der Waals surface area contributed by atoms with E-state index >= 15 is 0 Å². The normalized spacial score (nSPS) is 20.0. The summed E-state index contributed by atoms with van der Waals surface area (Å²) in [6.07, 6.45) is 1.88. The van der Waals surface area contributed by atoms with Crippen molar-refractivity contribution in [2.75, 3.05) is 6.54 Å². The van der Waals surface area contributed by atoms with Crippen LogP contribution in [-0.4, -0.2) is 18.2 Å². The first kappa shape index (κ1) is 16.4. The van der Waals surface area contributed by atoms with E-state index < -0.39 is 5.92 Å². The van der Waals surface area contributed by atoms with Crippen LogP contribution < -0.4 is 5.32 Å². The molecule has 2 aromatic carbocycles. The molecule has 1 saturated heterocycles. The minimum absolute atomic E-state index is 0.0606. The summed E-state index contributed by atoms with van der Waals surface area (Å²) in [5, 5.41) is 2.87. The Morgan fingerprint density at radius 2 is 1.75 bits per heavy atom. The number of nitrogens with one attached hydrogen (secondary N) is 1. The van der Waals surface area contributed by atoms with E-state index in [1.165, 1.54) is 11.1 Å². The maximum absolute atomic E-state index is 12.6. The number of hydrogen-bond acceptors (Lipinski definition) is 2. The molecular formula is C21H23NO2. The first-order valence-corrected chi connectivity index (χ1v) is 8.53. The lowest BCUT2D eigenvalue weighted by atomic mass is 9.84. The number of rotatable bonds is 6. The van der Waals surface area contributed by atoms with Crippen molar-refractivity contribution >= 4 is 11.7 Å². The summed E-state index contributed by atoms with van der Waals surface area (Å²) in [6, 6.07) is 18.3. The average Bonchev–Trinajstić information content (AvgIpc) is 2.95. The molecule has 3 nitrogen and oxygen atoms in total. The van der Waals surface area contributed by atoms with Crippen molar-refractivity contribution in [3.8, 4) is 0 Å². The minimum Gasteiger partial charge on any atom is -0.355 e. The zero-order valence-electron chi connectivity index (χ0n) is 14.0. The highest BCUT2D eigenvalue weighted by molar-refractivity contribution is 6.03. The second kappa shape index (κ2) is 7.43. The Labute approximate surface area is 143 Å². The van der Waals surface area contributed by atoms with Gasteiger partial charge in [0.15, 0.2) is 0 Å². The number of aryl methyl sites for hydroxylation is 2. The molecule has 0 aromatic heterocycles. The fourth-order valence-electron chi connectivity index (χ4n) is 3.37. The Bertz CT molecular complexity index is 706. The predicted molar refractivity (Wildman–Crippen MR) is 94.6 cm³/mol. The predicted octanol–water partition coefficient (Wildman–Crippen LogP) is 3.10. The van der Waals surface area contributed by atoms with Gasteiger partial charge in [-0.3, -0.25) is 9.59 Å². The molecule has 0 radical (unpaired) electrons. The van der Waals surface area contributed by atoms with Gasteiger partial charge >= 0.3 is 0 Å². The number of amides is 1. The van der Waals surface area contributed by atoms with Crippen LogP contribution in [0, 0.1) is 18.8 Å². The topological polar surface area (TPSA) is 46.2 Å². The zero-order chi connectivity index (χ0) is 16.9. The van der Waals surface area contributed by atoms with E-state index in [1.54, 1.807) is 0 Å².